The lowest BCUT2D eigenvalue weighted by Gasteiger charge is -2.07. The van der Waals surface area contributed by atoms with Crippen LogP contribution in [0.2, 0.25) is 0 Å². The van der Waals surface area contributed by atoms with Crippen molar-refractivity contribution in [1.29, 1.82) is 0 Å². The number of benzene rings is 2. The molecule has 0 spiro atoms. The zero-order valence-electron chi connectivity index (χ0n) is 25.5. The van der Waals surface area contributed by atoms with Crippen LogP contribution in [0.15, 0.2) is 78.3 Å². The van der Waals surface area contributed by atoms with Gasteiger partial charge in [0.15, 0.2) is 0 Å². The van der Waals surface area contributed by atoms with Gasteiger partial charge in [0.2, 0.25) is 22.9 Å². The van der Waals surface area contributed by atoms with Gasteiger partial charge in [-0.05, 0) is 54.5 Å². The van der Waals surface area contributed by atoms with E-state index in [-0.39, 0.29) is 30.6 Å². The van der Waals surface area contributed by atoms with Crippen molar-refractivity contribution in [3.63, 3.8) is 0 Å². The van der Waals surface area contributed by atoms with E-state index >= 15 is 0 Å². The normalized spacial score (nSPS) is 11.6. The molecule has 3 amide bonds. The van der Waals surface area contributed by atoms with E-state index in [0.29, 0.717) is 23.9 Å². The molecule has 2 aromatic carbocycles. The zero-order chi connectivity index (χ0) is 31.6. The molecule has 6 N–H and O–H groups in total. The SMILES string of the molecule is CCCCNC(=O)Cc1cccc(CC(=O)Nc2nnc(CCCC/C(=C/C=C(\N)NC(=O)Cc3ccccc3)NC)s2)c1. The Morgan fingerprint density at radius 1 is 0.841 bits per heavy atom. The Balaban J connectivity index is 1.37. The van der Waals surface area contributed by atoms with E-state index in [4.69, 9.17) is 5.73 Å². The summed E-state index contributed by atoms with van der Waals surface area (Å²) in [5.74, 6) is -0.0592. The largest absolute Gasteiger partial charge is 0.391 e. The van der Waals surface area contributed by atoms with Crippen molar-refractivity contribution < 1.29 is 14.4 Å². The fourth-order valence-electron chi connectivity index (χ4n) is 4.36. The summed E-state index contributed by atoms with van der Waals surface area (Å²) in [6.07, 6.45) is 9.67. The quantitative estimate of drug-likeness (QED) is 0.106. The Bertz CT molecular complexity index is 1420. The third-order valence-corrected chi connectivity index (χ3v) is 7.55. The van der Waals surface area contributed by atoms with Gasteiger partial charge in [-0.25, -0.2) is 0 Å². The molecule has 0 bridgehead atoms. The summed E-state index contributed by atoms with van der Waals surface area (Å²) >= 11 is 1.37. The topological polar surface area (TPSA) is 151 Å². The molecule has 0 saturated carbocycles. The zero-order valence-corrected chi connectivity index (χ0v) is 26.3. The van der Waals surface area contributed by atoms with Crippen LogP contribution >= 0.6 is 11.3 Å². The van der Waals surface area contributed by atoms with Crippen LogP contribution in [0.5, 0.6) is 0 Å². The maximum atomic E-state index is 12.6. The lowest BCUT2D eigenvalue weighted by molar-refractivity contribution is -0.121. The van der Waals surface area contributed by atoms with Crippen molar-refractivity contribution in [2.45, 2.75) is 64.7 Å². The van der Waals surface area contributed by atoms with Crippen molar-refractivity contribution in [2.24, 2.45) is 5.73 Å². The second-order valence-corrected chi connectivity index (χ2v) is 11.5. The van der Waals surface area contributed by atoms with Crippen molar-refractivity contribution in [3.8, 4) is 0 Å². The molecule has 0 aliphatic heterocycles. The number of nitrogens with zero attached hydrogens (tertiary/aromatic N) is 2. The van der Waals surface area contributed by atoms with E-state index < -0.39 is 0 Å². The highest BCUT2D eigenvalue weighted by molar-refractivity contribution is 7.15. The summed E-state index contributed by atoms with van der Waals surface area (Å²) in [5, 5.41) is 21.3. The molecule has 0 unspecified atom stereocenters. The number of carbonyl (C=O) groups excluding carboxylic acids is 3. The lowest BCUT2D eigenvalue weighted by atomic mass is 10.1. The van der Waals surface area contributed by atoms with Gasteiger partial charge in [-0.1, -0.05) is 79.3 Å². The number of anilines is 1. The highest BCUT2D eigenvalue weighted by atomic mass is 32.1. The molecule has 0 atom stereocenters. The predicted octanol–water partition coefficient (Wildman–Crippen LogP) is 4.15. The summed E-state index contributed by atoms with van der Waals surface area (Å²) < 4.78 is 0. The van der Waals surface area contributed by atoms with E-state index in [0.717, 1.165) is 65.9 Å². The van der Waals surface area contributed by atoms with Crippen molar-refractivity contribution in [2.75, 3.05) is 18.9 Å². The number of aromatic nitrogens is 2. The van der Waals surface area contributed by atoms with Gasteiger partial charge in [-0.2, -0.15) is 0 Å². The average Bonchev–Trinajstić information content (AvgIpc) is 3.44. The third kappa shape index (κ3) is 13.2. The first kappa shape index (κ1) is 34.0. The average molecular weight is 618 g/mol. The molecule has 3 aromatic rings. The molecule has 1 aromatic heterocycles. The summed E-state index contributed by atoms with van der Waals surface area (Å²) in [6.45, 7) is 2.77. The molecule has 1 heterocycles. The Kier molecular flexibility index (Phi) is 14.6. The van der Waals surface area contributed by atoms with Gasteiger partial charge in [0.25, 0.3) is 0 Å². The number of hydrogen-bond acceptors (Lipinski definition) is 8. The highest BCUT2D eigenvalue weighted by Gasteiger charge is 2.11. The maximum Gasteiger partial charge on any atom is 0.230 e. The Morgan fingerprint density at radius 3 is 2.27 bits per heavy atom. The Hall–Kier alpha value is -4.51. The number of carbonyl (C=O) groups is 3. The molecule has 0 fully saturated rings. The second-order valence-electron chi connectivity index (χ2n) is 10.4. The molecular formula is C33H43N7O3S. The lowest BCUT2D eigenvalue weighted by Crippen LogP contribution is -2.28. The van der Waals surface area contributed by atoms with Gasteiger partial charge in [-0.3, -0.25) is 14.4 Å². The number of nitrogens with one attached hydrogen (secondary N) is 4. The minimum Gasteiger partial charge on any atom is -0.391 e. The minimum atomic E-state index is -0.176. The molecule has 44 heavy (non-hydrogen) atoms. The molecule has 0 aliphatic rings. The van der Waals surface area contributed by atoms with Gasteiger partial charge in [0, 0.05) is 25.7 Å². The summed E-state index contributed by atoms with van der Waals surface area (Å²) in [5.41, 5.74) is 9.62. The number of allylic oxidation sites excluding steroid dienone is 3. The molecule has 3 rings (SSSR count). The molecule has 11 heteroatoms. The fraction of sp³-hybridized carbons (Fsp3) is 0.364. The van der Waals surface area contributed by atoms with Gasteiger partial charge < -0.3 is 27.0 Å². The monoisotopic (exact) mass is 617 g/mol. The molecule has 10 nitrogen and oxygen atoms in total. The number of unbranched alkanes of at least 4 members (excludes halogenated alkanes) is 2. The van der Waals surface area contributed by atoms with Gasteiger partial charge in [-0.15, -0.1) is 10.2 Å². The molecule has 0 saturated heterocycles. The number of aryl methyl sites for hydroxylation is 1. The summed E-state index contributed by atoms with van der Waals surface area (Å²) in [7, 11) is 1.85. The molecular weight excluding hydrogens is 574 g/mol. The van der Waals surface area contributed by atoms with Crippen LogP contribution in [-0.2, 0) is 40.1 Å². The van der Waals surface area contributed by atoms with Crippen molar-refractivity contribution in [1.82, 2.24) is 26.1 Å². The molecule has 0 aliphatic carbocycles. The second kappa shape index (κ2) is 18.9. The van der Waals surface area contributed by atoms with Crippen LogP contribution < -0.4 is 27.0 Å². The number of rotatable bonds is 18. The van der Waals surface area contributed by atoms with Crippen molar-refractivity contribution >= 4 is 34.2 Å². The molecule has 234 valence electrons. The van der Waals surface area contributed by atoms with Crippen LogP contribution in [-0.4, -0.2) is 41.5 Å². The van der Waals surface area contributed by atoms with Gasteiger partial charge in [0.05, 0.1) is 19.3 Å². The van der Waals surface area contributed by atoms with E-state index in [1.54, 1.807) is 6.08 Å². The minimum absolute atomic E-state index is 0.0127. The maximum absolute atomic E-state index is 12.6. The Labute approximate surface area is 263 Å². The number of hydrogen-bond donors (Lipinski definition) is 5. The third-order valence-electron chi connectivity index (χ3n) is 6.65. The molecule has 0 radical (unpaired) electrons. The van der Waals surface area contributed by atoms with Gasteiger partial charge in [0.1, 0.15) is 10.8 Å². The first-order chi connectivity index (χ1) is 21.3. The van der Waals surface area contributed by atoms with E-state index in [1.165, 1.54) is 11.3 Å². The van der Waals surface area contributed by atoms with Crippen LogP contribution in [0.25, 0.3) is 0 Å². The highest BCUT2D eigenvalue weighted by Crippen LogP contribution is 2.19. The van der Waals surface area contributed by atoms with E-state index in [1.807, 2.05) is 67.7 Å². The first-order valence-corrected chi connectivity index (χ1v) is 15.8. The van der Waals surface area contributed by atoms with Crippen LogP contribution in [0, 0.1) is 0 Å². The summed E-state index contributed by atoms with van der Waals surface area (Å²) in [4.78, 5) is 36.9. The summed E-state index contributed by atoms with van der Waals surface area (Å²) in [6, 6.07) is 17.0. The predicted molar refractivity (Wildman–Crippen MR) is 176 cm³/mol. The van der Waals surface area contributed by atoms with Crippen LogP contribution in [0.4, 0.5) is 5.13 Å². The first-order valence-electron chi connectivity index (χ1n) is 15.0. The number of nitrogens with two attached hydrogens (primary N) is 1. The van der Waals surface area contributed by atoms with Crippen molar-refractivity contribution in [3.05, 3.63) is 100.0 Å². The smallest absolute Gasteiger partial charge is 0.230 e. The number of amides is 3. The van der Waals surface area contributed by atoms with Gasteiger partial charge >= 0.3 is 0 Å². The van der Waals surface area contributed by atoms with E-state index in [2.05, 4.69) is 38.4 Å². The van der Waals surface area contributed by atoms with Crippen LogP contribution in [0.1, 0.15) is 60.7 Å². The Morgan fingerprint density at radius 2 is 1.55 bits per heavy atom. The van der Waals surface area contributed by atoms with Crippen LogP contribution in [0.3, 0.4) is 0 Å². The standard InChI is InChI=1S/C33H43N7O3S/c1-3-4-19-36-29(41)22-25-13-10-14-26(20-25)23-31(43)38-33-40-39-32(44-33)16-9-8-15-27(35-2)17-18-28(34)37-30(42)21-24-11-6-5-7-12-24/h5-7,10-14,17-18,20,35H,3-4,8-9,15-16,19,21-23,34H2,1-2H3,(H,36,41)(H,37,42)(H,38,40,43)/b27-17-,28-18+. The van der Waals surface area contributed by atoms with E-state index in [9.17, 15) is 14.4 Å². The fourth-order valence-corrected chi connectivity index (χ4v) is 5.16.